The molecule has 0 bridgehead atoms. The zero-order valence-corrected chi connectivity index (χ0v) is 14.1. The van der Waals surface area contributed by atoms with Crippen LogP contribution in [0.3, 0.4) is 0 Å². The highest BCUT2D eigenvalue weighted by atomic mass is 35.5. The van der Waals surface area contributed by atoms with E-state index >= 15 is 0 Å². The number of carbonyl (C=O) groups is 1. The van der Waals surface area contributed by atoms with Crippen LogP contribution in [-0.2, 0) is 16.0 Å². The van der Waals surface area contributed by atoms with Gasteiger partial charge in [-0.1, -0.05) is 30.3 Å². The summed E-state index contributed by atoms with van der Waals surface area (Å²) in [5.74, 6) is 0.919. The van der Waals surface area contributed by atoms with Crippen LogP contribution in [-0.4, -0.2) is 50.7 Å². The number of nitrogens with zero attached hydrogens (tertiary/aromatic N) is 1. The Morgan fingerprint density at radius 2 is 1.95 bits per heavy atom. The molecule has 22 heavy (non-hydrogen) atoms. The number of halogens is 1. The predicted octanol–water partition coefficient (Wildman–Crippen LogP) is 2.13. The number of amides is 1. The van der Waals surface area contributed by atoms with Crippen molar-refractivity contribution < 1.29 is 9.53 Å². The number of methoxy groups -OCH3 is 1. The van der Waals surface area contributed by atoms with Crippen LogP contribution in [0, 0.1) is 5.92 Å². The quantitative estimate of drug-likeness (QED) is 0.780. The van der Waals surface area contributed by atoms with Crippen molar-refractivity contribution >= 4 is 18.3 Å². The first kappa shape index (κ1) is 18.9. The number of ether oxygens (including phenoxy) is 1. The second-order valence-corrected chi connectivity index (χ2v) is 5.68. The normalized spacial score (nSPS) is 15.4. The predicted molar refractivity (Wildman–Crippen MR) is 91.4 cm³/mol. The van der Waals surface area contributed by atoms with Crippen molar-refractivity contribution in [2.75, 3.05) is 39.9 Å². The molecule has 2 rings (SSSR count). The third-order valence-electron chi connectivity index (χ3n) is 4.09. The lowest BCUT2D eigenvalue weighted by Gasteiger charge is -2.32. The van der Waals surface area contributed by atoms with Gasteiger partial charge in [0.2, 0.25) is 5.91 Å². The van der Waals surface area contributed by atoms with Crippen molar-refractivity contribution in [2.24, 2.45) is 5.92 Å². The van der Waals surface area contributed by atoms with Crippen molar-refractivity contribution in [3.8, 4) is 0 Å². The summed E-state index contributed by atoms with van der Waals surface area (Å²) in [7, 11) is 1.67. The molecule has 4 nitrogen and oxygen atoms in total. The smallest absolute Gasteiger partial charge is 0.236 e. The summed E-state index contributed by atoms with van der Waals surface area (Å²) >= 11 is 0. The van der Waals surface area contributed by atoms with Gasteiger partial charge < -0.3 is 15.0 Å². The van der Waals surface area contributed by atoms with Gasteiger partial charge in [0.05, 0.1) is 13.2 Å². The van der Waals surface area contributed by atoms with Crippen LogP contribution >= 0.6 is 12.4 Å². The SMILES string of the molecule is COCCNCC(=O)N1CCC(Cc2ccccc2)CC1.Cl. The van der Waals surface area contributed by atoms with E-state index in [-0.39, 0.29) is 18.3 Å². The topological polar surface area (TPSA) is 41.6 Å². The minimum Gasteiger partial charge on any atom is -0.383 e. The maximum Gasteiger partial charge on any atom is 0.236 e. The second kappa shape index (κ2) is 10.6. The first-order valence-corrected chi connectivity index (χ1v) is 7.81. The molecule has 1 heterocycles. The third kappa shape index (κ3) is 6.34. The van der Waals surface area contributed by atoms with E-state index in [0.717, 1.165) is 38.9 Å². The zero-order valence-electron chi connectivity index (χ0n) is 13.3. The fourth-order valence-corrected chi connectivity index (χ4v) is 2.82. The second-order valence-electron chi connectivity index (χ2n) is 5.68. The average molecular weight is 327 g/mol. The molecule has 0 spiro atoms. The molecule has 0 aromatic heterocycles. The molecule has 1 fully saturated rings. The summed E-state index contributed by atoms with van der Waals surface area (Å²) in [4.78, 5) is 14.0. The van der Waals surface area contributed by atoms with Gasteiger partial charge in [0.15, 0.2) is 0 Å². The molecule has 124 valence electrons. The molecule has 1 aliphatic rings. The van der Waals surface area contributed by atoms with Gasteiger partial charge >= 0.3 is 0 Å². The third-order valence-corrected chi connectivity index (χ3v) is 4.09. The summed E-state index contributed by atoms with van der Waals surface area (Å²) in [6, 6.07) is 10.6. The van der Waals surface area contributed by atoms with Crippen molar-refractivity contribution in [1.82, 2.24) is 10.2 Å². The van der Waals surface area contributed by atoms with Crippen LogP contribution in [0.2, 0.25) is 0 Å². The highest BCUT2D eigenvalue weighted by Crippen LogP contribution is 2.21. The Morgan fingerprint density at radius 1 is 1.27 bits per heavy atom. The molecule has 1 saturated heterocycles. The Labute approximate surface area is 139 Å². The van der Waals surface area contributed by atoms with E-state index in [1.165, 1.54) is 5.56 Å². The number of likely N-dealkylation sites (tertiary alicyclic amines) is 1. The van der Waals surface area contributed by atoms with Gasteiger partial charge in [-0.15, -0.1) is 12.4 Å². The van der Waals surface area contributed by atoms with Gasteiger partial charge in [-0.05, 0) is 30.7 Å². The largest absolute Gasteiger partial charge is 0.383 e. The van der Waals surface area contributed by atoms with Crippen LogP contribution in [0.1, 0.15) is 18.4 Å². The Bertz CT molecular complexity index is 420. The molecule has 5 heteroatoms. The van der Waals surface area contributed by atoms with E-state index in [1.807, 2.05) is 4.90 Å². The molecule has 0 unspecified atom stereocenters. The molecule has 0 saturated carbocycles. The standard InChI is InChI=1S/C17H26N2O2.ClH/c1-21-12-9-18-14-17(20)19-10-7-16(8-11-19)13-15-5-3-2-4-6-15;/h2-6,16,18H,7-14H2,1H3;1H. The maximum absolute atomic E-state index is 12.0. The van der Waals surface area contributed by atoms with Crippen LogP contribution in [0.25, 0.3) is 0 Å². The molecule has 1 aliphatic heterocycles. The average Bonchev–Trinajstić information content (AvgIpc) is 2.53. The monoisotopic (exact) mass is 326 g/mol. The van der Waals surface area contributed by atoms with Crippen LogP contribution < -0.4 is 5.32 Å². The number of nitrogens with one attached hydrogen (secondary N) is 1. The van der Waals surface area contributed by atoms with Gasteiger partial charge in [-0.25, -0.2) is 0 Å². The molecule has 0 atom stereocenters. The lowest BCUT2D eigenvalue weighted by molar-refractivity contribution is -0.131. The summed E-state index contributed by atoms with van der Waals surface area (Å²) in [5, 5.41) is 3.12. The van der Waals surface area contributed by atoms with Crippen LogP contribution in [0.4, 0.5) is 0 Å². The summed E-state index contributed by atoms with van der Waals surface area (Å²) in [6.07, 6.45) is 3.35. The number of benzene rings is 1. The first-order chi connectivity index (χ1) is 10.3. The molecule has 1 aromatic rings. The highest BCUT2D eigenvalue weighted by molar-refractivity contribution is 5.85. The first-order valence-electron chi connectivity index (χ1n) is 7.81. The summed E-state index contributed by atoms with van der Waals surface area (Å²) in [5.41, 5.74) is 1.41. The Morgan fingerprint density at radius 3 is 2.59 bits per heavy atom. The molecular weight excluding hydrogens is 300 g/mol. The van der Waals surface area contributed by atoms with Gasteiger partial charge in [0.25, 0.3) is 0 Å². The zero-order chi connectivity index (χ0) is 14.9. The van der Waals surface area contributed by atoms with E-state index in [1.54, 1.807) is 7.11 Å². The number of piperidine rings is 1. The van der Waals surface area contributed by atoms with Gasteiger partial charge in [0, 0.05) is 26.7 Å². The fourth-order valence-electron chi connectivity index (χ4n) is 2.82. The Kier molecular flexibility index (Phi) is 9.13. The van der Waals surface area contributed by atoms with Gasteiger partial charge in [0.1, 0.15) is 0 Å². The lowest BCUT2D eigenvalue weighted by atomic mass is 9.90. The van der Waals surface area contributed by atoms with Crippen molar-refractivity contribution in [1.29, 1.82) is 0 Å². The molecule has 1 amide bonds. The van der Waals surface area contributed by atoms with Gasteiger partial charge in [-0.3, -0.25) is 4.79 Å². The van der Waals surface area contributed by atoms with Gasteiger partial charge in [-0.2, -0.15) is 0 Å². The number of hydrogen-bond donors (Lipinski definition) is 1. The molecular formula is C17H27ClN2O2. The molecule has 1 N–H and O–H groups in total. The summed E-state index contributed by atoms with van der Waals surface area (Å²) in [6.45, 7) is 3.58. The number of rotatable bonds is 7. The van der Waals surface area contributed by atoms with E-state index in [9.17, 15) is 4.79 Å². The van der Waals surface area contributed by atoms with Crippen molar-refractivity contribution in [3.05, 3.63) is 35.9 Å². The van der Waals surface area contributed by atoms with Crippen LogP contribution in [0.5, 0.6) is 0 Å². The maximum atomic E-state index is 12.0. The van der Waals surface area contributed by atoms with E-state index < -0.39 is 0 Å². The van der Waals surface area contributed by atoms with E-state index in [2.05, 4.69) is 35.6 Å². The van der Waals surface area contributed by atoms with Crippen molar-refractivity contribution in [3.63, 3.8) is 0 Å². The fraction of sp³-hybridized carbons (Fsp3) is 0.588. The van der Waals surface area contributed by atoms with Crippen LogP contribution in [0.15, 0.2) is 30.3 Å². The summed E-state index contributed by atoms with van der Waals surface area (Å²) < 4.78 is 4.95. The lowest BCUT2D eigenvalue weighted by Crippen LogP contribution is -2.43. The number of carbonyl (C=O) groups excluding carboxylic acids is 1. The van der Waals surface area contributed by atoms with E-state index in [0.29, 0.717) is 19.1 Å². The van der Waals surface area contributed by atoms with Crippen molar-refractivity contribution in [2.45, 2.75) is 19.3 Å². The Balaban J connectivity index is 0.00000242. The molecule has 1 aromatic carbocycles. The Hall–Kier alpha value is -1.10. The molecule has 0 radical (unpaired) electrons. The highest BCUT2D eigenvalue weighted by Gasteiger charge is 2.22. The molecule has 0 aliphatic carbocycles. The minimum absolute atomic E-state index is 0. The number of hydrogen-bond acceptors (Lipinski definition) is 3. The van der Waals surface area contributed by atoms with E-state index in [4.69, 9.17) is 4.74 Å². The minimum atomic E-state index is 0.